The van der Waals surface area contributed by atoms with Crippen molar-refractivity contribution >= 4 is 34.1 Å². The number of hydrogen-bond donors (Lipinski definition) is 2. The van der Waals surface area contributed by atoms with Gasteiger partial charge in [0.25, 0.3) is 0 Å². The Morgan fingerprint density at radius 2 is 1.07 bits per heavy atom. The number of aldehydes is 2. The van der Waals surface area contributed by atoms with E-state index in [1.807, 2.05) is 48.5 Å². The molecule has 4 heteroatoms. The number of benzene rings is 4. The van der Waals surface area contributed by atoms with Gasteiger partial charge in [0, 0.05) is 17.5 Å². The van der Waals surface area contributed by atoms with Crippen LogP contribution in [0.1, 0.15) is 31.8 Å². The van der Waals surface area contributed by atoms with Gasteiger partial charge in [-0.2, -0.15) is 0 Å². The standard InChI is InChI=1S/C23H16O4/c24-12-16-9-14-5-1-3-7-18(14)20(22(16)26)11-21-19-8-4-2-6-15(19)10-17(13-25)23(21)27/h1-10,12-13,26-27H,11H2. The molecule has 2 N–H and O–H groups in total. The van der Waals surface area contributed by atoms with Crippen molar-refractivity contribution in [1.29, 1.82) is 0 Å². The van der Waals surface area contributed by atoms with Gasteiger partial charge in [-0.15, -0.1) is 0 Å². The van der Waals surface area contributed by atoms with Crippen LogP contribution in [0, 0.1) is 0 Å². The highest BCUT2D eigenvalue weighted by atomic mass is 16.3. The molecule has 0 aliphatic heterocycles. The van der Waals surface area contributed by atoms with E-state index in [1.54, 1.807) is 12.1 Å². The Morgan fingerprint density at radius 1 is 0.667 bits per heavy atom. The summed E-state index contributed by atoms with van der Waals surface area (Å²) in [5.74, 6) is -0.215. The second kappa shape index (κ2) is 6.57. The molecule has 0 aromatic heterocycles. The number of rotatable bonds is 4. The summed E-state index contributed by atoms with van der Waals surface area (Å²) in [7, 11) is 0. The Labute approximate surface area is 155 Å². The van der Waals surface area contributed by atoms with Gasteiger partial charge in [-0.25, -0.2) is 0 Å². The van der Waals surface area contributed by atoms with Gasteiger partial charge in [0.15, 0.2) is 12.6 Å². The van der Waals surface area contributed by atoms with Gasteiger partial charge >= 0.3 is 0 Å². The molecule has 0 bridgehead atoms. The molecule has 4 nitrogen and oxygen atoms in total. The van der Waals surface area contributed by atoms with Gasteiger partial charge in [0.05, 0.1) is 11.1 Å². The molecular weight excluding hydrogens is 340 g/mol. The molecule has 4 aromatic rings. The summed E-state index contributed by atoms with van der Waals surface area (Å²) in [6, 6.07) is 18.2. The van der Waals surface area contributed by atoms with Crippen molar-refractivity contribution in [1.82, 2.24) is 0 Å². The second-order valence-corrected chi connectivity index (χ2v) is 6.44. The van der Waals surface area contributed by atoms with E-state index in [0.717, 1.165) is 21.5 Å². The summed E-state index contributed by atoms with van der Waals surface area (Å²) in [4.78, 5) is 22.8. The number of phenolic OH excluding ortho intramolecular Hbond substituents is 2. The molecule has 132 valence electrons. The Hall–Kier alpha value is -3.66. The average molecular weight is 356 g/mol. The number of fused-ring (bicyclic) bond motifs is 2. The fraction of sp³-hybridized carbons (Fsp3) is 0.0435. The van der Waals surface area contributed by atoms with Crippen molar-refractivity contribution in [2.75, 3.05) is 0 Å². The van der Waals surface area contributed by atoms with E-state index in [1.165, 1.54) is 0 Å². The number of carbonyl (C=O) groups excluding carboxylic acids is 2. The van der Waals surface area contributed by atoms with Gasteiger partial charge in [0.1, 0.15) is 11.5 Å². The first kappa shape index (κ1) is 16.8. The first-order valence-electron chi connectivity index (χ1n) is 8.51. The van der Waals surface area contributed by atoms with Gasteiger partial charge in [-0.1, -0.05) is 48.5 Å². The summed E-state index contributed by atoms with van der Waals surface area (Å²) in [5, 5.41) is 24.5. The van der Waals surface area contributed by atoms with Crippen molar-refractivity contribution in [2.45, 2.75) is 6.42 Å². The second-order valence-electron chi connectivity index (χ2n) is 6.44. The van der Waals surface area contributed by atoms with Crippen molar-refractivity contribution in [3.05, 3.63) is 82.9 Å². The average Bonchev–Trinajstić information content (AvgIpc) is 2.71. The minimum absolute atomic E-state index is 0.108. The Bertz CT molecular complexity index is 1110. The third kappa shape index (κ3) is 2.72. The maximum absolute atomic E-state index is 11.4. The predicted molar refractivity (Wildman–Crippen MR) is 105 cm³/mol. The van der Waals surface area contributed by atoms with Crippen LogP contribution < -0.4 is 0 Å². The lowest BCUT2D eigenvalue weighted by Crippen LogP contribution is -1.98. The molecule has 0 unspecified atom stereocenters. The van der Waals surface area contributed by atoms with Gasteiger partial charge in [0.2, 0.25) is 0 Å². The maximum atomic E-state index is 11.4. The van der Waals surface area contributed by atoms with Gasteiger partial charge in [-0.05, 0) is 33.7 Å². The lowest BCUT2D eigenvalue weighted by molar-refractivity contribution is 0.111. The van der Waals surface area contributed by atoms with Crippen molar-refractivity contribution in [3.63, 3.8) is 0 Å². The highest BCUT2D eigenvalue weighted by Crippen LogP contribution is 2.37. The summed E-state index contributed by atoms with van der Waals surface area (Å²) in [6.07, 6.45) is 1.41. The summed E-state index contributed by atoms with van der Waals surface area (Å²) < 4.78 is 0. The zero-order chi connectivity index (χ0) is 19.0. The molecular formula is C23H16O4. The predicted octanol–water partition coefficient (Wildman–Crippen LogP) is 4.62. The smallest absolute Gasteiger partial charge is 0.153 e. The molecule has 0 amide bonds. The molecule has 0 radical (unpaired) electrons. The highest BCUT2D eigenvalue weighted by Gasteiger charge is 2.18. The van der Waals surface area contributed by atoms with Gasteiger partial charge < -0.3 is 10.2 Å². The Kier molecular flexibility index (Phi) is 4.09. The summed E-state index contributed by atoms with van der Waals surface area (Å²) >= 11 is 0. The fourth-order valence-corrected chi connectivity index (χ4v) is 3.59. The zero-order valence-corrected chi connectivity index (χ0v) is 14.3. The topological polar surface area (TPSA) is 74.6 Å². The highest BCUT2D eigenvalue weighted by molar-refractivity contribution is 5.98. The normalized spacial score (nSPS) is 11.0. The first-order valence-corrected chi connectivity index (χ1v) is 8.51. The molecule has 0 fully saturated rings. The Morgan fingerprint density at radius 3 is 1.48 bits per heavy atom. The van der Waals surface area contributed by atoms with E-state index in [-0.39, 0.29) is 29.0 Å². The monoisotopic (exact) mass is 356 g/mol. The molecule has 0 spiro atoms. The Balaban J connectivity index is 2.03. The molecule has 0 aliphatic rings. The largest absolute Gasteiger partial charge is 0.507 e. The molecule has 0 aliphatic carbocycles. The van der Waals surface area contributed by atoms with Crippen LogP contribution in [0.25, 0.3) is 21.5 Å². The fourth-order valence-electron chi connectivity index (χ4n) is 3.59. The minimum Gasteiger partial charge on any atom is -0.507 e. The van der Waals surface area contributed by atoms with Crippen LogP contribution in [-0.2, 0) is 6.42 Å². The van der Waals surface area contributed by atoms with E-state index in [2.05, 4.69) is 0 Å². The van der Waals surface area contributed by atoms with Crippen LogP contribution in [0.5, 0.6) is 11.5 Å². The molecule has 0 atom stereocenters. The SMILES string of the molecule is O=Cc1cc2ccccc2c(Cc2c(O)c(C=O)cc3ccccc23)c1O. The van der Waals surface area contributed by atoms with Gasteiger partial charge in [-0.3, -0.25) is 9.59 Å². The van der Waals surface area contributed by atoms with E-state index >= 15 is 0 Å². The molecule has 27 heavy (non-hydrogen) atoms. The van der Waals surface area contributed by atoms with Crippen LogP contribution in [0.2, 0.25) is 0 Å². The third-order valence-electron chi connectivity index (χ3n) is 4.92. The first-order chi connectivity index (χ1) is 13.1. The van der Waals surface area contributed by atoms with E-state index in [0.29, 0.717) is 23.7 Å². The number of carbonyl (C=O) groups is 2. The number of hydrogen-bond acceptors (Lipinski definition) is 4. The van der Waals surface area contributed by atoms with E-state index in [4.69, 9.17) is 0 Å². The number of phenols is 2. The summed E-state index contributed by atoms with van der Waals surface area (Å²) in [6.45, 7) is 0. The van der Waals surface area contributed by atoms with Crippen LogP contribution >= 0.6 is 0 Å². The van der Waals surface area contributed by atoms with Crippen LogP contribution in [-0.4, -0.2) is 22.8 Å². The number of aromatic hydroxyl groups is 2. The molecule has 4 aromatic carbocycles. The van der Waals surface area contributed by atoms with Crippen LogP contribution in [0.3, 0.4) is 0 Å². The third-order valence-corrected chi connectivity index (χ3v) is 4.92. The minimum atomic E-state index is -0.108. The molecule has 4 rings (SSSR count). The zero-order valence-electron chi connectivity index (χ0n) is 14.3. The van der Waals surface area contributed by atoms with E-state index < -0.39 is 0 Å². The van der Waals surface area contributed by atoms with Crippen molar-refractivity contribution in [2.24, 2.45) is 0 Å². The van der Waals surface area contributed by atoms with E-state index in [9.17, 15) is 19.8 Å². The van der Waals surface area contributed by atoms with Crippen molar-refractivity contribution in [3.8, 4) is 11.5 Å². The maximum Gasteiger partial charge on any atom is 0.153 e. The lowest BCUT2D eigenvalue weighted by atomic mass is 9.91. The molecule has 0 saturated heterocycles. The van der Waals surface area contributed by atoms with Crippen LogP contribution in [0.15, 0.2) is 60.7 Å². The molecule has 0 saturated carbocycles. The van der Waals surface area contributed by atoms with Crippen molar-refractivity contribution < 1.29 is 19.8 Å². The molecule has 0 heterocycles. The van der Waals surface area contributed by atoms with Crippen LogP contribution in [0.4, 0.5) is 0 Å². The lowest BCUT2D eigenvalue weighted by Gasteiger charge is -2.15. The quantitative estimate of drug-likeness (QED) is 0.523. The summed E-state index contributed by atoms with van der Waals surface area (Å²) in [5.41, 5.74) is 1.47.